The molecule has 0 radical (unpaired) electrons. The monoisotopic (exact) mass is 1200 g/mol. The van der Waals surface area contributed by atoms with Crippen molar-refractivity contribution in [1.29, 1.82) is 0 Å². The van der Waals surface area contributed by atoms with Gasteiger partial charge in [0.25, 0.3) is 0 Å². The van der Waals surface area contributed by atoms with Crippen LogP contribution in [0.2, 0.25) is 0 Å². The minimum absolute atomic E-state index is 0.238. The Kier molecular flexibility index (Phi) is 76.3. The van der Waals surface area contributed by atoms with Crippen LogP contribution in [-0.2, 0) is 114 Å². The molecule has 0 N–H and O–H groups in total. The van der Waals surface area contributed by atoms with E-state index < -0.39 is 0 Å². The lowest BCUT2D eigenvalue weighted by Gasteiger charge is -2.09. The first-order valence-corrected chi connectivity index (χ1v) is 30.6. The third-order valence-electron chi connectivity index (χ3n) is 11.1. The van der Waals surface area contributed by atoms with Crippen molar-refractivity contribution >= 4 is 5.97 Å². The largest absolute Gasteiger partial charge is 0.469 e. The summed E-state index contributed by atoms with van der Waals surface area (Å²) in [5, 5.41) is 0. The number of carbonyl (C=O) groups excluding carboxylic acids is 1. The van der Waals surface area contributed by atoms with Gasteiger partial charge in [-0.3, -0.25) is 4.79 Å². The molecule has 0 saturated heterocycles. The third kappa shape index (κ3) is 76.6. The second kappa shape index (κ2) is 77.6. The summed E-state index contributed by atoms with van der Waals surface area (Å²) in [7, 11) is 1.35. The van der Waals surface area contributed by atoms with Gasteiger partial charge in [0, 0.05) is 6.61 Å². The molecule has 0 atom stereocenters. The molecule has 0 bridgehead atoms. The fourth-order valence-electron chi connectivity index (χ4n) is 6.67. The smallest absolute Gasteiger partial charge is 0.307 e. The molecule has 0 unspecified atom stereocenters. The Bertz CT molecular complexity index is 1140. The van der Waals surface area contributed by atoms with E-state index in [1.54, 1.807) is 0 Å². The van der Waals surface area contributed by atoms with Gasteiger partial charge in [0.15, 0.2) is 0 Å². The van der Waals surface area contributed by atoms with Crippen molar-refractivity contribution < 1.29 is 114 Å². The maximum absolute atomic E-state index is 11.0. The summed E-state index contributed by atoms with van der Waals surface area (Å²) in [6.07, 6.45) is 13.6. The van der Waals surface area contributed by atoms with E-state index in [2.05, 4.69) is 11.7 Å². The van der Waals surface area contributed by atoms with E-state index in [1.165, 1.54) is 64.9 Å². The van der Waals surface area contributed by atoms with Gasteiger partial charge in [-0.1, -0.05) is 64.7 Å². The zero-order valence-corrected chi connectivity index (χ0v) is 51.2. The van der Waals surface area contributed by atoms with E-state index in [9.17, 15) is 4.79 Å². The van der Waals surface area contributed by atoms with Gasteiger partial charge in [0.05, 0.1) is 298 Å². The van der Waals surface area contributed by atoms with Crippen LogP contribution in [0.15, 0.2) is 0 Å². The standard InChI is InChI=1S/C58H116O24/c1-3-4-5-6-7-8-9-10-11-12-14-61-16-18-63-20-22-65-24-26-67-28-30-69-32-34-71-36-38-73-40-42-75-44-46-77-48-50-79-52-54-81-56-57-82-55-53-80-51-49-78-47-45-76-43-41-74-39-37-72-35-33-70-31-29-68-27-25-66-23-21-64-19-17-62-15-13-58(59)60-2/h3-57H2,1-2H3. The molecule has 24 heteroatoms. The van der Waals surface area contributed by atoms with E-state index in [4.69, 9.17) is 104 Å². The molecule has 0 aliphatic carbocycles. The minimum atomic E-state index is -0.290. The molecule has 0 saturated carbocycles. The molecule has 0 aliphatic rings. The number of esters is 1. The summed E-state index contributed by atoms with van der Waals surface area (Å²) in [5.74, 6) is -0.290. The summed E-state index contributed by atoms with van der Waals surface area (Å²) in [5.41, 5.74) is 0. The highest BCUT2D eigenvalue weighted by Gasteiger charge is 2.02. The number of methoxy groups -OCH3 is 1. The normalized spacial score (nSPS) is 11.7. The van der Waals surface area contributed by atoms with Gasteiger partial charge in [0.1, 0.15) is 0 Å². The van der Waals surface area contributed by atoms with Gasteiger partial charge in [-0.15, -0.1) is 0 Å². The predicted molar refractivity (Wildman–Crippen MR) is 306 cm³/mol. The zero-order chi connectivity index (χ0) is 58.7. The Labute approximate surface area is 493 Å². The van der Waals surface area contributed by atoms with Crippen molar-refractivity contribution in [3.05, 3.63) is 0 Å². The molecule has 0 rings (SSSR count). The molecule has 0 fully saturated rings. The lowest BCUT2D eigenvalue weighted by molar-refractivity contribution is -0.141. The Morgan fingerprint density at radius 1 is 0.183 bits per heavy atom. The van der Waals surface area contributed by atoms with Crippen LogP contribution in [0, 0.1) is 0 Å². The molecule has 0 spiro atoms. The second-order valence-corrected chi connectivity index (χ2v) is 18.0. The molecule has 0 aromatic heterocycles. The third-order valence-corrected chi connectivity index (χ3v) is 11.1. The topological polar surface area (TPSA) is 229 Å². The van der Waals surface area contributed by atoms with E-state index in [1.807, 2.05) is 0 Å². The molecule has 0 amide bonds. The highest BCUT2D eigenvalue weighted by Crippen LogP contribution is 2.10. The Morgan fingerprint density at radius 3 is 0.476 bits per heavy atom. The van der Waals surface area contributed by atoms with Crippen LogP contribution in [-0.4, -0.2) is 304 Å². The highest BCUT2D eigenvalue weighted by molar-refractivity contribution is 5.69. The zero-order valence-electron chi connectivity index (χ0n) is 51.2. The van der Waals surface area contributed by atoms with Crippen LogP contribution in [0.25, 0.3) is 0 Å². The summed E-state index contributed by atoms with van der Waals surface area (Å²) in [4.78, 5) is 11.0. The number of hydrogen-bond acceptors (Lipinski definition) is 24. The molecule has 24 nitrogen and oxygen atoms in total. The first-order valence-electron chi connectivity index (χ1n) is 30.6. The molecule has 0 aliphatic heterocycles. The van der Waals surface area contributed by atoms with E-state index in [0.29, 0.717) is 284 Å². The predicted octanol–water partition coefficient (Wildman–Crippen LogP) is 4.84. The van der Waals surface area contributed by atoms with Gasteiger partial charge in [-0.05, 0) is 6.42 Å². The van der Waals surface area contributed by atoms with Crippen molar-refractivity contribution in [1.82, 2.24) is 0 Å². The van der Waals surface area contributed by atoms with Crippen LogP contribution in [0.5, 0.6) is 0 Å². The van der Waals surface area contributed by atoms with E-state index >= 15 is 0 Å². The minimum Gasteiger partial charge on any atom is -0.469 e. The average Bonchev–Trinajstić information content (AvgIpc) is 3.49. The average molecular weight is 1200 g/mol. The van der Waals surface area contributed by atoms with Gasteiger partial charge in [-0.25, -0.2) is 0 Å². The van der Waals surface area contributed by atoms with Crippen molar-refractivity contribution in [3.63, 3.8) is 0 Å². The lowest BCUT2D eigenvalue weighted by Crippen LogP contribution is -2.16. The summed E-state index contributed by atoms with van der Waals surface area (Å²) >= 11 is 0. The lowest BCUT2D eigenvalue weighted by atomic mass is 10.1. The summed E-state index contributed by atoms with van der Waals surface area (Å²) < 4.78 is 126. The fraction of sp³-hybridized carbons (Fsp3) is 0.983. The maximum atomic E-state index is 11.0. The Morgan fingerprint density at radius 2 is 0.317 bits per heavy atom. The van der Waals surface area contributed by atoms with Crippen LogP contribution < -0.4 is 0 Å². The summed E-state index contributed by atoms with van der Waals surface area (Å²) in [6, 6.07) is 0. The molecular weight excluding hydrogens is 1080 g/mol. The molecule has 0 aromatic rings. The molecule has 492 valence electrons. The first kappa shape index (κ1) is 80.6. The fourth-order valence-corrected chi connectivity index (χ4v) is 6.67. The van der Waals surface area contributed by atoms with E-state index in [0.717, 1.165) is 13.0 Å². The SMILES string of the molecule is CCCCCCCCCCCCOCCOCCOCCOCCOCCOCCOCCOCCOCCOCCOCCOCCOCCOCCOCCOCCOCCOCCOCCOCCOCCOCCC(=O)OC. The maximum Gasteiger partial charge on any atom is 0.307 e. The Hall–Kier alpha value is -1.41. The number of hydrogen-bond donors (Lipinski definition) is 0. The molecule has 0 heterocycles. The van der Waals surface area contributed by atoms with Crippen LogP contribution in [0.1, 0.15) is 77.6 Å². The number of rotatable bonds is 77. The van der Waals surface area contributed by atoms with Crippen molar-refractivity contribution in [3.8, 4) is 0 Å². The second-order valence-electron chi connectivity index (χ2n) is 18.0. The van der Waals surface area contributed by atoms with Gasteiger partial charge in [0.2, 0.25) is 0 Å². The molecular formula is C58H116O24. The van der Waals surface area contributed by atoms with Crippen LogP contribution in [0.3, 0.4) is 0 Å². The summed E-state index contributed by atoms with van der Waals surface area (Å²) in [6.45, 7) is 24.3. The quantitative estimate of drug-likeness (QED) is 0.0586. The number of carbonyl (C=O) groups is 1. The number of ether oxygens (including phenoxy) is 23. The van der Waals surface area contributed by atoms with Gasteiger partial charge < -0.3 is 109 Å². The van der Waals surface area contributed by atoms with Crippen molar-refractivity contribution in [2.75, 3.05) is 298 Å². The van der Waals surface area contributed by atoms with Gasteiger partial charge in [-0.2, -0.15) is 0 Å². The highest BCUT2D eigenvalue weighted by atomic mass is 16.6. The Balaban J connectivity index is 3.08. The van der Waals surface area contributed by atoms with Gasteiger partial charge >= 0.3 is 5.97 Å². The molecule has 82 heavy (non-hydrogen) atoms. The molecule has 0 aromatic carbocycles. The van der Waals surface area contributed by atoms with Crippen molar-refractivity contribution in [2.24, 2.45) is 0 Å². The van der Waals surface area contributed by atoms with E-state index in [-0.39, 0.29) is 12.4 Å². The van der Waals surface area contributed by atoms with Crippen molar-refractivity contribution in [2.45, 2.75) is 77.6 Å². The van der Waals surface area contributed by atoms with Crippen LogP contribution >= 0.6 is 0 Å². The van der Waals surface area contributed by atoms with Crippen LogP contribution in [0.4, 0.5) is 0 Å². The first-order chi connectivity index (χ1) is 40.8. The number of unbranched alkanes of at least 4 members (excludes halogenated alkanes) is 9.